The summed E-state index contributed by atoms with van der Waals surface area (Å²) in [7, 11) is 5.87. The summed E-state index contributed by atoms with van der Waals surface area (Å²) in [5.74, 6) is -0.687. The van der Waals surface area contributed by atoms with E-state index in [4.69, 9.17) is 0 Å². The summed E-state index contributed by atoms with van der Waals surface area (Å²) in [6.45, 7) is 1.81. The molecule has 2 fully saturated rings. The zero-order valence-electron chi connectivity index (χ0n) is 15.2. The third-order valence-corrected chi connectivity index (χ3v) is 5.54. The van der Waals surface area contributed by atoms with E-state index in [-0.39, 0.29) is 18.0 Å². The fourth-order valence-electron chi connectivity index (χ4n) is 3.88. The Morgan fingerprint density at radius 2 is 1.88 bits per heavy atom. The van der Waals surface area contributed by atoms with Crippen LogP contribution in [0.15, 0.2) is 23.0 Å². The van der Waals surface area contributed by atoms with E-state index in [1.165, 1.54) is 4.57 Å². The molecule has 2 amide bonds. The number of aromatic nitrogens is 2. The molecular formula is C18H23N5O3. The third-order valence-electron chi connectivity index (χ3n) is 5.54. The van der Waals surface area contributed by atoms with Crippen LogP contribution in [0.4, 0.5) is 5.69 Å². The first-order valence-electron chi connectivity index (χ1n) is 8.83. The predicted molar refractivity (Wildman–Crippen MR) is 98.3 cm³/mol. The SMILES string of the molecule is CN(C)C1CN(c2cccc3c2n(C)c(=O)n3C2CCC(=O)NC2=O)C1. The van der Waals surface area contributed by atoms with Crippen molar-refractivity contribution in [1.29, 1.82) is 0 Å². The van der Waals surface area contributed by atoms with Crippen molar-refractivity contribution in [1.82, 2.24) is 19.4 Å². The zero-order valence-corrected chi connectivity index (χ0v) is 15.2. The summed E-state index contributed by atoms with van der Waals surface area (Å²) in [5.41, 5.74) is 2.34. The maximum Gasteiger partial charge on any atom is 0.329 e. The molecule has 1 aromatic heterocycles. The van der Waals surface area contributed by atoms with Crippen LogP contribution >= 0.6 is 0 Å². The Balaban J connectivity index is 1.79. The molecule has 26 heavy (non-hydrogen) atoms. The molecule has 2 aromatic rings. The normalized spacial score (nSPS) is 21.4. The van der Waals surface area contributed by atoms with Gasteiger partial charge < -0.3 is 9.80 Å². The third kappa shape index (κ3) is 2.44. The van der Waals surface area contributed by atoms with Gasteiger partial charge in [-0.3, -0.25) is 24.0 Å². The van der Waals surface area contributed by atoms with Gasteiger partial charge in [0.2, 0.25) is 11.8 Å². The van der Waals surface area contributed by atoms with Crippen molar-refractivity contribution in [3.05, 3.63) is 28.7 Å². The van der Waals surface area contributed by atoms with Crippen molar-refractivity contribution < 1.29 is 9.59 Å². The van der Waals surface area contributed by atoms with Gasteiger partial charge in [0.05, 0.1) is 16.7 Å². The van der Waals surface area contributed by atoms with Crippen LogP contribution in [-0.4, -0.2) is 59.1 Å². The number of anilines is 1. The fraction of sp³-hybridized carbons (Fsp3) is 0.500. The first-order valence-corrected chi connectivity index (χ1v) is 8.83. The quantitative estimate of drug-likeness (QED) is 0.787. The molecule has 2 aliphatic heterocycles. The summed E-state index contributed by atoms with van der Waals surface area (Å²) in [5, 5.41) is 2.34. The number of aryl methyl sites for hydroxylation is 1. The molecule has 2 aliphatic rings. The lowest BCUT2D eigenvalue weighted by Gasteiger charge is -2.44. The van der Waals surface area contributed by atoms with Crippen molar-refractivity contribution >= 4 is 28.5 Å². The largest absolute Gasteiger partial charge is 0.367 e. The first-order chi connectivity index (χ1) is 12.4. The molecule has 8 nitrogen and oxygen atoms in total. The van der Waals surface area contributed by atoms with Crippen LogP contribution in [0.3, 0.4) is 0 Å². The van der Waals surface area contributed by atoms with Gasteiger partial charge in [-0.2, -0.15) is 0 Å². The maximum atomic E-state index is 12.9. The van der Waals surface area contributed by atoms with Crippen LogP contribution in [0.1, 0.15) is 18.9 Å². The molecule has 1 aromatic carbocycles. The number of para-hydroxylation sites is 1. The second-order valence-corrected chi connectivity index (χ2v) is 7.35. The monoisotopic (exact) mass is 357 g/mol. The number of hydrogen-bond donors (Lipinski definition) is 1. The van der Waals surface area contributed by atoms with Crippen molar-refractivity contribution in [2.24, 2.45) is 7.05 Å². The second kappa shape index (κ2) is 5.98. The fourth-order valence-corrected chi connectivity index (χ4v) is 3.88. The molecule has 3 heterocycles. The van der Waals surface area contributed by atoms with Gasteiger partial charge in [0.25, 0.3) is 0 Å². The number of nitrogens with zero attached hydrogens (tertiary/aromatic N) is 4. The Labute approximate surface area is 151 Å². The number of hydrogen-bond acceptors (Lipinski definition) is 5. The van der Waals surface area contributed by atoms with Crippen LogP contribution in [-0.2, 0) is 16.6 Å². The van der Waals surface area contributed by atoms with E-state index in [0.29, 0.717) is 12.5 Å². The number of benzene rings is 1. The van der Waals surface area contributed by atoms with Crippen LogP contribution < -0.4 is 15.9 Å². The van der Waals surface area contributed by atoms with Gasteiger partial charge in [-0.25, -0.2) is 4.79 Å². The molecule has 2 saturated heterocycles. The smallest absolute Gasteiger partial charge is 0.329 e. The van der Waals surface area contributed by atoms with Crippen molar-refractivity contribution in [2.75, 3.05) is 32.1 Å². The highest BCUT2D eigenvalue weighted by Gasteiger charge is 2.34. The van der Waals surface area contributed by atoms with Crippen LogP contribution in [0.5, 0.6) is 0 Å². The molecule has 0 aliphatic carbocycles. The molecule has 138 valence electrons. The molecule has 1 unspecified atom stereocenters. The lowest BCUT2D eigenvalue weighted by Crippen LogP contribution is -2.57. The Hall–Kier alpha value is -2.61. The Morgan fingerprint density at radius 3 is 2.54 bits per heavy atom. The number of carbonyl (C=O) groups is 2. The number of imide groups is 1. The zero-order chi connectivity index (χ0) is 18.6. The van der Waals surface area contributed by atoms with Crippen molar-refractivity contribution in [2.45, 2.75) is 24.9 Å². The summed E-state index contributed by atoms with van der Waals surface area (Å²) >= 11 is 0. The highest BCUT2D eigenvalue weighted by atomic mass is 16.2. The van der Waals surface area contributed by atoms with E-state index in [1.54, 1.807) is 11.6 Å². The predicted octanol–water partition coefficient (Wildman–Crippen LogP) is 0.0679. The summed E-state index contributed by atoms with van der Waals surface area (Å²) in [6.07, 6.45) is 0.593. The molecule has 1 N–H and O–H groups in total. The second-order valence-electron chi connectivity index (χ2n) is 7.35. The molecule has 0 spiro atoms. The Kier molecular flexibility index (Phi) is 3.87. The number of imidazole rings is 1. The molecule has 8 heteroatoms. The van der Waals surface area contributed by atoms with E-state index in [1.807, 2.05) is 18.2 Å². The van der Waals surface area contributed by atoms with Crippen LogP contribution in [0.25, 0.3) is 11.0 Å². The van der Waals surface area contributed by atoms with Gasteiger partial charge in [-0.05, 0) is 32.6 Å². The minimum atomic E-state index is -0.648. The van der Waals surface area contributed by atoms with E-state index in [9.17, 15) is 14.4 Å². The van der Waals surface area contributed by atoms with Gasteiger partial charge in [0.1, 0.15) is 6.04 Å². The number of carbonyl (C=O) groups excluding carboxylic acids is 2. The average Bonchev–Trinajstić information content (AvgIpc) is 2.79. The Bertz CT molecular complexity index is 952. The summed E-state index contributed by atoms with van der Waals surface area (Å²) < 4.78 is 3.14. The lowest BCUT2D eigenvalue weighted by atomic mass is 10.0. The van der Waals surface area contributed by atoms with Crippen molar-refractivity contribution in [3.8, 4) is 0 Å². The van der Waals surface area contributed by atoms with Crippen LogP contribution in [0.2, 0.25) is 0 Å². The van der Waals surface area contributed by atoms with E-state index < -0.39 is 11.9 Å². The van der Waals surface area contributed by atoms with Gasteiger partial charge in [-0.15, -0.1) is 0 Å². The first kappa shape index (κ1) is 16.8. The van der Waals surface area contributed by atoms with Gasteiger partial charge in [-0.1, -0.05) is 6.07 Å². The molecule has 0 saturated carbocycles. The molecule has 4 rings (SSSR count). The van der Waals surface area contributed by atoms with Gasteiger partial charge in [0.15, 0.2) is 0 Å². The Morgan fingerprint density at radius 1 is 1.15 bits per heavy atom. The van der Waals surface area contributed by atoms with E-state index in [2.05, 4.69) is 29.2 Å². The minimum Gasteiger partial charge on any atom is -0.367 e. The van der Waals surface area contributed by atoms with Gasteiger partial charge >= 0.3 is 5.69 Å². The van der Waals surface area contributed by atoms with Gasteiger partial charge in [0, 0.05) is 32.6 Å². The topological polar surface area (TPSA) is 79.6 Å². The number of rotatable bonds is 3. The average molecular weight is 357 g/mol. The number of amides is 2. The molecular weight excluding hydrogens is 334 g/mol. The molecule has 0 radical (unpaired) electrons. The summed E-state index contributed by atoms with van der Waals surface area (Å²) in [4.78, 5) is 41.1. The minimum absolute atomic E-state index is 0.230. The number of likely N-dealkylation sites (N-methyl/N-ethyl adjacent to an activating group) is 1. The summed E-state index contributed by atoms with van der Waals surface area (Å²) in [6, 6.07) is 5.66. The van der Waals surface area contributed by atoms with E-state index in [0.717, 1.165) is 29.8 Å². The highest BCUT2D eigenvalue weighted by Crippen LogP contribution is 2.32. The van der Waals surface area contributed by atoms with E-state index >= 15 is 0 Å². The number of nitrogens with one attached hydrogen (secondary N) is 1. The number of piperidine rings is 1. The number of fused-ring (bicyclic) bond motifs is 1. The van der Waals surface area contributed by atoms with Crippen molar-refractivity contribution in [3.63, 3.8) is 0 Å². The standard InChI is InChI=1S/C18H23N5O3/c1-20(2)11-9-22(10-11)12-5-4-6-13-16(12)21(3)18(26)23(13)14-7-8-15(24)19-17(14)25/h4-6,11,14H,7-10H2,1-3H3,(H,19,24,25). The highest BCUT2D eigenvalue weighted by molar-refractivity contribution is 6.00. The molecule has 0 bridgehead atoms. The maximum absolute atomic E-state index is 12.9. The lowest BCUT2D eigenvalue weighted by molar-refractivity contribution is -0.135. The molecule has 1 atom stereocenters. The van der Waals surface area contributed by atoms with Crippen LogP contribution in [0, 0.1) is 0 Å².